The summed E-state index contributed by atoms with van der Waals surface area (Å²) in [5.41, 5.74) is 1.70. The van der Waals surface area contributed by atoms with Crippen molar-refractivity contribution < 1.29 is 19.5 Å². The Kier molecular flexibility index (Phi) is 7.70. The van der Waals surface area contributed by atoms with Crippen molar-refractivity contribution in [3.63, 3.8) is 0 Å². The van der Waals surface area contributed by atoms with Gasteiger partial charge in [-0.3, -0.25) is 9.59 Å². The lowest BCUT2D eigenvalue weighted by molar-refractivity contribution is -0.128. The second-order valence-electron chi connectivity index (χ2n) is 5.72. The van der Waals surface area contributed by atoms with Gasteiger partial charge in [-0.2, -0.15) is 0 Å². The van der Waals surface area contributed by atoms with Crippen molar-refractivity contribution in [2.75, 3.05) is 5.32 Å². The normalized spacial score (nSPS) is 13.0. The van der Waals surface area contributed by atoms with Gasteiger partial charge in [0.2, 0.25) is 11.8 Å². The first-order valence-corrected chi connectivity index (χ1v) is 8.62. The highest BCUT2D eigenvalue weighted by Crippen LogP contribution is 2.12. The van der Waals surface area contributed by atoms with Gasteiger partial charge in [0.15, 0.2) is 0 Å². The minimum Gasteiger partial charge on any atom is -0.465 e. The van der Waals surface area contributed by atoms with E-state index in [0.29, 0.717) is 5.69 Å². The second-order valence-corrected chi connectivity index (χ2v) is 6.28. The van der Waals surface area contributed by atoms with Gasteiger partial charge < -0.3 is 21.1 Å². The van der Waals surface area contributed by atoms with Crippen LogP contribution in [0.4, 0.5) is 10.5 Å². The van der Waals surface area contributed by atoms with E-state index in [-0.39, 0.29) is 11.8 Å². The molecule has 1 rings (SSSR count). The molecule has 3 amide bonds. The maximum absolute atomic E-state index is 12.1. The molecule has 8 heteroatoms. The minimum atomic E-state index is -1.28. The predicted molar refractivity (Wildman–Crippen MR) is 95.1 cm³/mol. The molecule has 0 saturated heterocycles. The first-order chi connectivity index (χ1) is 11.2. The number of benzene rings is 1. The van der Waals surface area contributed by atoms with E-state index in [1.54, 1.807) is 26.0 Å². The molecule has 1 aromatic carbocycles. The molecule has 2 atom stereocenters. The molecule has 0 unspecified atom stereocenters. The van der Waals surface area contributed by atoms with Crippen LogP contribution in [0.3, 0.4) is 0 Å². The number of amides is 3. The van der Waals surface area contributed by atoms with E-state index < -0.39 is 24.1 Å². The van der Waals surface area contributed by atoms with E-state index in [1.807, 2.05) is 12.1 Å². The smallest absolute Gasteiger partial charge is 0.405 e. The number of alkyl halides is 1. The summed E-state index contributed by atoms with van der Waals surface area (Å²) in [6, 6.07) is 5.57. The molecular formula is C16H22BrN3O4. The summed E-state index contributed by atoms with van der Waals surface area (Å²) in [4.78, 5) is 35.1. The van der Waals surface area contributed by atoms with Crippen LogP contribution in [-0.2, 0) is 14.9 Å². The highest BCUT2D eigenvalue weighted by Gasteiger charge is 2.26. The zero-order chi connectivity index (χ0) is 18.3. The Balaban J connectivity index is 2.64. The van der Waals surface area contributed by atoms with Crippen LogP contribution in [-0.4, -0.2) is 35.1 Å². The summed E-state index contributed by atoms with van der Waals surface area (Å²) in [5, 5.41) is 16.9. The standard InChI is InChI=1S/C16H22BrN3O4/c1-9(2)13(20-16(23)24)15(22)18-10(3)14(21)19-12-6-4-11(8-17)5-7-12/h4-7,9-10,13,20H,8H2,1-3H3,(H,18,22)(H,19,21)(H,23,24)/t10-,13-/m0/s1. The largest absolute Gasteiger partial charge is 0.465 e. The van der Waals surface area contributed by atoms with E-state index in [1.165, 1.54) is 6.92 Å². The first kappa shape index (κ1) is 20.0. The van der Waals surface area contributed by atoms with Gasteiger partial charge in [-0.05, 0) is 30.5 Å². The van der Waals surface area contributed by atoms with Gasteiger partial charge in [0.05, 0.1) is 0 Å². The lowest BCUT2D eigenvalue weighted by Gasteiger charge is -2.22. The molecular weight excluding hydrogens is 378 g/mol. The lowest BCUT2D eigenvalue weighted by atomic mass is 10.0. The predicted octanol–water partition coefficient (Wildman–Crippen LogP) is 2.32. The SMILES string of the molecule is CC(C)[C@H](NC(=O)O)C(=O)N[C@@H](C)C(=O)Nc1ccc(CBr)cc1. The van der Waals surface area contributed by atoms with Crippen LogP contribution in [0, 0.1) is 5.92 Å². The number of halogens is 1. The third kappa shape index (κ3) is 6.19. The Morgan fingerprint density at radius 3 is 2.08 bits per heavy atom. The van der Waals surface area contributed by atoms with E-state index in [9.17, 15) is 14.4 Å². The molecule has 24 heavy (non-hydrogen) atoms. The number of anilines is 1. The van der Waals surface area contributed by atoms with Crippen LogP contribution in [0.2, 0.25) is 0 Å². The summed E-state index contributed by atoms with van der Waals surface area (Å²) < 4.78 is 0. The van der Waals surface area contributed by atoms with Crippen molar-refractivity contribution >= 4 is 39.5 Å². The average molecular weight is 400 g/mol. The third-order valence-corrected chi connectivity index (χ3v) is 4.00. The summed E-state index contributed by atoms with van der Waals surface area (Å²) in [6.45, 7) is 4.98. The summed E-state index contributed by atoms with van der Waals surface area (Å²) >= 11 is 3.34. The molecule has 0 aliphatic carbocycles. The molecule has 0 aliphatic heterocycles. The van der Waals surface area contributed by atoms with Crippen LogP contribution in [0.1, 0.15) is 26.3 Å². The van der Waals surface area contributed by atoms with E-state index in [4.69, 9.17) is 5.11 Å². The first-order valence-electron chi connectivity index (χ1n) is 7.50. The van der Waals surface area contributed by atoms with Crippen LogP contribution < -0.4 is 16.0 Å². The zero-order valence-electron chi connectivity index (χ0n) is 13.8. The van der Waals surface area contributed by atoms with Gasteiger partial charge in [-0.15, -0.1) is 0 Å². The molecule has 0 aromatic heterocycles. The topological polar surface area (TPSA) is 108 Å². The molecule has 4 N–H and O–H groups in total. The number of nitrogens with one attached hydrogen (secondary N) is 3. The molecule has 7 nitrogen and oxygen atoms in total. The van der Waals surface area contributed by atoms with Crippen LogP contribution in [0.5, 0.6) is 0 Å². The number of hydrogen-bond donors (Lipinski definition) is 4. The van der Waals surface area contributed by atoms with Crippen molar-refractivity contribution in [3.8, 4) is 0 Å². The second kappa shape index (κ2) is 9.27. The Labute approximate surface area is 149 Å². The molecule has 1 aromatic rings. The molecule has 132 valence electrons. The summed E-state index contributed by atoms with van der Waals surface area (Å²) in [6.07, 6.45) is -1.28. The van der Waals surface area contributed by atoms with Crippen molar-refractivity contribution in [1.82, 2.24) is 10.6 Å². The van der Waals surface area contributed by atoms with E-state index in [0.717, 1.165) is 10.9 Å². The molecule has 0 fully saturated rings. The maximum Gasteiger partial charge on any atom is 0.405 e. The van der Waals surface area contributed by atoms with Crippen molar-refractivity contribution in [1.29, 1.82) is 0 Å². The van der Waals surface area contributed by atoms with Gasteiger partial charge in [0.25, 0.3) is 0 Å². The van der Waals surface area contributed by atoms with Gasteiger partial charge >= 0.3 is 6.09 Å². The van der Waals surface area contributed by atoms with Crippen LogP contribution in [0.25, 0.3) is 0 Å². The quantitative estimate of drug-likeness (QED) is 0.527. The average Bonchev–Trinajstić information content (AvgIpc) is 2.52. The summed E-state index contributed by atoms with van der Waals surface area (Å²) in [5.74, 6) is -1.16. The number of carbonyl (C=O) groups excluding carboxylic acids is 2. The Hall–Kier alpha value is -2.09. The molecule has 0 bridgehead atoms. The maximum atomic E-state index is 12.1. The fourth-order valence-corrected chi connectivity index (χ4v) is 2.34. The molecule has 0 radical (unpaired) electrons. The van der Waals surface area contributed by atoms with E-state index >= 15 is 0 Å². The van der Waals surface area contributed by atoms with Crippen molar-refractivity contribution in [2.45, 2.75) is 38.2 Å². The van der Waals surface area contributed by atoms with Gasteiger partial charge in [0, 0.05) is 11.0 Å². The number of carbonyl (C=O) groups is 3. The molecule has 0 saturated carbocycles. The number of hydrogen-bond acceptors (Lipinski definition) is 3. The fourth-order valence-electron chi connectivity index (χ4n) is 1.96. The third-order valence-electron chi connectivity index (χ3n) is 3.36. The Bertz CT molecular complexity index is 589. The Morgan fingerprint density at radius 2 is 1.62 bits per heavy atom. The monoisotopic (exact) mass is 399 g/mol. The van der Waals surface area contributed by atoms with Crippen LogP contribution >= 0.6 is 15.9 Å². The van der Waals surface area contributed by atoms with Crippen LogP contribution in [0.15, 0.2) is 24.3 Å². The van der Waals surface area contributed by atoms with Crippen molar-refractivity contribution in [3.05, 3.63) is 29.8 Å². The summed E-state index contributed by atoms with van der Waals surface area (Å²) in [7, 11) is 0. The highest BCUT2D eigenvalue weighted by atomic mass is 79.9. The molecule has 0 spiro atoms. The Morgan fingerprint density at radius 1 is 1.04 bits per heavy atom. The van der Waals surface area contributed by atoms with Gasteiger partial charge in [-0.1, -0.05) is 41.9 Å². The molecule has 0 heterocycles. The minimum absolute atomic E-state index is 0.242. The van der Waals surface area contributed by atoms with Gasteiger partial charge in [-0.25, -0.2) is 4.79 Å². The van der Waals surface area contributed by atoms with Gasteiger partial charge in [0.1, 0.15) is 12.1 Å². The highest BCUT2D eigenvalue weighted by molar-refractivity contribution is 9.08. The zero-order valence-corrected chi connectivity index (χ0v) is 15.4. The lowest BCUT2D eigenvalue weighted by Crippen LogP contribution is -2.53. The molecule has 0 aliphatic rings. The fraction of sp³-hybridized carbons (Fsp3) is 0.438. The van der Waals surface area contributed by atoms with Crippen molar-refractivity contribution in [2.24, 2.45) is 5.92 Å². The number of carboxylic acid groups (broad SMARTS) is 1. The van der Waals surface area contributed by atoms with E-state index in [2.05, 4.69) is 31.9 Å². The number of rotatable bonds is 7.